The van der Waals surface area contributed by atoms with Gasteiger partial charge in [0.15, 0.2) is 0 Å². The average molecular weight is 259 g/mol. The number of hydrogen-bond donors (Lipinski definition) is 2. The number of fused-ring (bicyclic) bond motifs is 1. The fourth-order valence-electron chi connectivity index (χ4n) is 2.71. The van der Waals surface area contributed by atoms with Crippen LogP contribution < -0.4 is 5.32 Å². The maximum absolute atomic E-state index is 10.9. The molecule has 0 spiro atoms. The highest BCUT2D eigenvalue weighted by Gasteiger charge is 2.37. The maximum Gasteiger partial charge on any atom is 0.115 e. The molecule has 2 aromatic rings. The minimum Gasteiger partial charge on any atom is -0.383 e. The molecule has 0 bridgehead atoms. The highest BCUT2D eigenvalue weighted by atomic mass is 32.1. The summed E-state index contributed by atoms with van der Waals surface area (Å²) < 4.78 is 0. The molecule has 18 heavy (non-hydrogen) atoms. The molecular weight excluding hydrogens is 242 g/mol. The molecule has 0 aliphatic carbocycles. The summed E-state index contributed by atoms with van der Waals surface area (Å²) in [6.45, 7) is 2.82. The van der Waals surface area contributed by atoms with Crippen LogP contribution in [0.25, 0.3) is 0 Å². The standard InChI is InChI=1S/C15H17NOS/c1-15(17,13-7-4-10-18-13)14-12-6-3-2-5-11(12)8-9-16-14/h2-7,10,14,16-17H,8-9H2,1H3. The summed E-state index contributed by atoms with van der Waals surface area (Å²) in [6, 6.07) is 12.4. The average Bonchev–Trinajstić information content (AvgIpc) is 2.92. The molecule has 2 N–H and O–H groups in total. The van der Waals surface area contributed by atoms with Crippen molar-refractivity contribution in [2.45, 2.75) is 25.0 Å². The summed E-state index contributed by atoms with van der Waals surface area (Å²) in [7, 11) is 0. The highest BCUT2D eigenvalue weighted by molar-refractivity contribution is 7.10. The van der Waals surface area contributed by atoms with Crippen molar-refractivity contribution in [1.82, 2.24) is 5.32 Å². The number of thiophene rings is 1. The number of rotatable bonds is 2. The van der Waals surface area contributed by atoms with Gasteiger partial charge in [0, 0.05) is 4.88 Å². The third-order valence-corrected chi connectivity index (χ3v) is 4.79. The normalized spacial score (nSPS) is 22.2. The first-order chi connectivity index (χ1) is 8.69. The number of nitrogens with one attached hydrogen (secondary N) is 1. The van der Waals surface area contributed by atoms with Crippen LogP contribution in [-0.4, -0.2) is 11.7 Å². The Labute approximate surface area is 111 Å². The van der Waals surface area contributed by atoms with E-state index in [1.807, 2.05) is 30.5 Å². The van der Waals surface area contributed by atoms with Gasteiger partial charge in [-0.2, -0.15) is 0 Å². The van der Waals surface area contributed by atoms with Gasteiger partial charge in [-0.15, -0.1) is 11.3 Å². The van der Waals surface area contributed by atoms with Crippen molar-refractivity contribution >= 4 is 11.3 Å². The summed E-state index contributed by atoms with van der Waals surface area (Å²) in [5.74, 6) is 0. The van der Waals surface area contributed by atoms with E-state index in [9.17, 15) is 5.11 Å². The van der Waals surface area contributed by atoms with Crippen LogP contribution in [0.1, 0.15) is 29.0 Å². The largest absolute Gasteiger partial charge is 0.383 e. The van der Waals surface area contributed by atoms with Crippen molar-refractivity contribution in [2.75, 3.05) is 6.54 Å². The van der Waals surface area contributed by atoms with Crippen molar-refractivity contribution in [3.05, 3.63) is 57.8 Å². The predicted molar refractivity (Wildman–Crippen MR) is 74.8 cm³/mol. The Balaban J connectivity index is 2.04. The molecule has 3 rings (SSSR count). The van der Waals surface area contributed by atoms with Crippen LogP contribution in [-0.2, 0) is 12.0 Å². The minimum absolute atomic E-state index is 0.0268. The van der Waals surface area contributed by atoms with E-state index in [1.54, 1.807) is 11.3 Å². The number of aliphatic hydroxyl groups is 1. The molecule has 0 saturated heterocycles. The Morgan fingerprint density at radius 1 is 1.28 bits per heavy atom. The molecule has 1 aliphatic heterocycles. The molecular formula is C15H17NOS. The predicted octanol–water partition coefficient (Wildman–Crippen LogP) is 2.84. The van der Waals surface area contributed by atoms with Crippen molar-refractivity contribution < 1.29 is 5.11 Å². The third kappa shape index (κ3) is 1.88. The van der Waals surface area contributed by atoms with Crippen molar-refractivity contribution in [2.24, 2.45) is 0 Å². The molecule has 94 valence electrons. The Morgan fingerprint density at radius 3 is 2.89 bits per heavy atom. The van der Waals surface area contributed by atoms with E-state index in [2.05, 4.69) is 23.5 Å². The highest BCUT2D eigenvalue weighted by Crippen LogP contribution is 2.39. The minimum atomic E-state index is -0.856. The van der Waals surface area contributed by atoms with Crippen molar-refractivity contribution in [3.8, 4) is 0 Å². The molecule has 1 aromatic heterocycles. The summed E-state index contributed by atoms with van der Waals surface area (Å²) >= 11 is 1.61. The molecule has 0 saturated carbocycles. The SMILES string of the molecule is CC(O)(c1cccs1)C1NCCc2ccccc21. The molecule has 0 fully saturated rings. The van der Waals surface area contributed by atoms with Gasteiger partial charge < -0.3 is 10.4 Å². The lowest BCUT2D eigenvalue weighted by atomic mass is 9.83. The molecule has 1 aliphatic rings. The Hall–Kier alpha value is -1.16. The van der Waals surface area contributed by atoms with Crippen LogP contribution >= 0.6 is 11.3 Å². The van der Waals surface area contributed by atoms with Gasteiger partial charge in [0.05, 0.1) is 6.04 Å². The molecule has 2 nitrogen and oxygen atoms in total. The molecule has 3 heteroatoms. The molecule has 2 atom stereocenters. The topological polar surface area (TPSA) is 32.3 Å². The number of hydrogen-bond acceptors (Lipinski definition) is 3. The van der Waals surface area contributed by atoms with Crippen molar-refractivity contribution in [1.29, 1.82) is 0 Å². The lowest BCUT2D eigenvalue weighted by Crippen LogP contribution is -2.42. The first-order valence-corrected chi connectivity index (χ1v) is 7.15. The van der Waals surface area contributed by atoms with Gasteiger partial charge in [-0.1, -0.05) is 30.3 Å². The van der Waals surface area contributed by atoms with Crippen LogP contribution in [0.4, 0.5) is 0 Å². The zero-order chi connectivity index (χ0) is 12.6. The van der Waals surface area contributed by atoms with E-state index in [1.165, 1.54) is 11.1 Å². The van der Waals surface area contributed by atoms with E-state index >= 15 is 0 Å². The van der Waals surface area contributed by atoms with Gasteiger partial charge in [-0.3, -0.25) is 0 Å². The lowest BCUT2D eigenvalue weighted by molar-refractivity contribution is 0.0153. The second-order valence-electron chi connectivity index (χ2n) is 4.96. The first kappa shape index (κ1) is 11.9. The van der Waals surface area contributed by atoms with Crippen LogP contribution in [0.15, 0.2) is 41.8 Å². The zero-order valence-corrected chi connectivity index (χ0v) is 11.2. The zero-order valence-electron chi connectivity index (χ0n) is 10.4. The van der Waals surface area contributed by atoms with Gasteiger partial charge >= 0.3 is 0 Å². The second kappa shape index (κ2) is 4.50. The number of benzene rings is 1. The van der Waals surface area contributed by atoms with Gasteiger partial charge in [0.1, 0.15) is 5.60 Å². The Bertz CT molecular complexity index is 533. The van der Waals surface area contributed by atoms with Gasteiger partial charge in [0.25, 0.3) is 0 Å². The van der Waals surface area contributed by atoms with Crippen LogP contribution in [0.5, 0.6) is 0 Å². The lowest BCUT2D eigenvalue weighted by Gasteiger charge is -2.37. The van der Waals surface area contributed by atoms with Crippen LogP contribution in [0, 0.1) is 0 Å². The summed E-state index contributed by atoms with van der Waals surface area (Å²) in [4.78, 5) is 1.01. The van der Waals surface area contributed by atoms with Gasteiger partial charge in [0.2, 0.25) is 0 Å². The monoisotopic (exact) mass is 259 g/mol. The third-order valence-electron chi connectivity index (χ3n) is 3.69. The Morgan fingerprint density at radius 2 is 2.11 bits per heavy atom. The Kier molecular flexibility index (Phi) is 2.98. The molecule has 2 unspecified atom stereocenters. The van der Waals surface area contributed by atoms with E-state index < -0.39 is 5.60 Å². The molecule has 0 radical (unpaired) electrons. The summed E-state index contributed by atoms with van der Waals surface area (Å²) in [6.07, 6.45) is 1.03. The van der Waals surface area contributed by atoms with Crippen LogP contribution in [0.2, 0.25) is 0 Å². The van der Waals surface area contributed by atoms with E-state index in [0.717, 1.165) is 17.8 Å². The van der Waals surface area contributed by atoms with Gasteiger partial charge in [-0.25, -0.2) is 0 Å². The van der Waals surface area contributed by atoms with Gasteiger partial charge in [-0.05, 0) is 42.5 Å². The second-order valence-corrected chi connectivity index (χ2v) is 5.91. The summed E-state index contributed by atoms with van der Waals surface area (Å²) in [5.41, 5.74) is 1.71. The van der Waals surface area contributed by atoms with E-state index in [-0.39, 0.29) is 6.04 Å². The fourth-order valence-corrected chi connectivity index (χ4v) is 3.53. The van der Waals surface area contributed by atoms with E-state index in [0.29, 0.717) is 0 Å². The molecule has 2 heterocycles. The summed E-state index contributed by atoms with van der Waals surface area (Å²) in [5, 5.41) is 16.4. The first-order valence-electron chi connectivity index (χ1n) is 6.27. The van der Waals surface area contributed by atoms with Crippen molar-refractivity contribution in [3.63, 3.8) is 0 Å². The molecule has 1 aromatic carbocycles. The maximum atomic E-state index is 10.9. The fraction of sp³-hybridized carbons (Fsp3) is 0.333. The van der Waals surface area contributed by atoms with Crippen LogP contribution in [0.3, 0.4) is 0 Å². The van der Waals surface area contributed by atoms with E-state index in [4.69, 9.17) is 0 Å². The quantitative estimate of drug-likeness (QED) is 0.869. The smallest absolute Gasteiger partial charge is 0.115 e. The molecule has 0 amide bonds.